The van der Waals surface area contributed by atoms with Crippen LogP contribution in [0.5, 0.6) is 11.5 Å². The molecule has 2 aromatic heterocycles. The molecule has 0 radical (unpaired) electrons. The third-order valence-corrected chi connectivity index (χ3v) is 11.7. The minimum Gasteiger partial charge on any atom is -0.457 e. The number of aromatic nitrogens is 2. The smallest absolute Gasteiger partial charge is 0.160 e. The maximum atomic E-state index is 6.56. The Balaban J connectivity index is 1.15. The molecule has 1 aliphatic heterocycles. The van der Waals surface area contributed by atoms with Crippen molar-refractivity contribution in [1.29, 1.82) is 0 Å². The van der Waals surface area contributed by atoms with Gasteiger partial charge in [-0.3, -0.25) is 0 Å². The maximum absolute atomic E-state index is 6.56. The molecular formula is C47H28N2OS. The van der Waals surface area contributed by atoms with Crippen molar-refractivity contribution >= 4 is 31.5 Å². The van der Waals surface area contributed by atoms with Gasteiger partial charge in [0.2, 0.25) is 0 Å². The molecule has 238 valence electrons. The second-order valence-corrected chi connectivity index (χ2v) is 14.3. The average molecular weight is 669 g/mol. The first kappa shape index (κ1) is 28.5. The zero-order valence-corrected chi connectivity index (χ0v) is 28.2. The van der Waals surface area contributed by atoms with Crippen molar-refractivity contribution in [3.63, 3.8) is 0 Å². The van der Waals surface area contributed by atoms with E-state index in [0.717, 1.165) is 45.4 Å². The van der Waals surface area contributed by atoms with Crippen LogP contribution in [-0.2, 0) is 5.41 Å². The zero-order valence-electron chi connectivity index (χ0n) is 27.4. The number of nitrogens with zero attached hydrogens (tertiary/aromatic N) is 2. The Morgan fingerprint density at radius 3 is 1.71 bits per heavy atom. The molecule has 0 unspecified atom stereocenters. The molecule has 0 atom stereocenters. The summed E-state index contributed by atoms with van der Waals surface area (Å²) in [5.41, 5.74) is 12.0. The molecule has 0 saturated carbocycles. The summed E-state index contributed by atoms with van der Waals surface area (Å²) in [6.07, 6.45) is 0. The number of para-hydroxylation sites is 2. The monoisotopic (exact) mass is 668 g/mol. The van der Waals surface area contributed by atoms with Gasteiger partial charge in [-0.1, -0.05) is 140 Å². The molecule has 51 heavy (non-hydrogen) atoms. The van der Waals surface area contributed by atoms with E-state index in [-0.39, 0.29) is 0 Å². The Labute approximate surface area is 299 Å². The normalized spacial score (nSPS) is 13.4. The molecule has 4 heteroatoms. The van der Waals surface area contributed by atoms with Gasteiger partial charge in [-0.05, 0) is 52.6 Å². The van der Waals surface area contributed by atoms with Crippen molar-refractivity contribution in [3.8, 4) is 56.5 Å². The van der Waals surface area contributed by atoms with Gasteiger partial charge in [0.1, 0.15) is 11.5 Å². The third-order valence-electron chi connectivity index (χ3n) is 10.6. The molecule has 2 aliphatic rings. The quantitative estimate of drug-likeness (QED) is 0.188. The summed E-state index contributed by atoms with van der Waals surface area (Å²) in [6, 6.07) is 60.3. The van der Waals surface area contributed by atoms with Crippen molar-refractivity contribution in [2.24, 2.45) is 0 Å². The van der Waals surface area contributed by atoms with Crippen LogP contribution < -0.4 is 4.74 Å². The van der Waals surface area contributed by atoms with Gasteiger partial charge >= 0.3 is 0 Å². The van der Waals surface area contributed by atoms with Crippen molar-refractivity contribution in [3.05, 3.63) is 192 Å². The van der Waals surface area contributed by atoms with Crippen LogP contribution in [0, 0.1) is 0 Å². The highest BCUT2D eigenvalue weighted by atomic mass is 32.1. The van der Waals surface area contributed by atoms with E-state index in [1.807, 2.05) is 23.5 Å². The van der Waals surface area contributed by atoms with Crippen LogP contribution in [-0.4, -0.2) is 9.97 Å². The number of rotatable bonds is 3. The van der Waals surface area contributed by atoms with Crippen LogP contribution in [0.4, 0.5) is 0 Å². The lowest BCUT2D eigenvalue weighted by Gasteiger charge is -2.39. The molecular weight excluding hydrogens is 641 g/mol. The predicted octanol–water partition coefficient (Wildman–Crippen LogP) is 12.3. The topological polar surface area (TPSA) is 35.0 Å². The number of hydrogen-bond donors (Lipinski definition) is 0. The maximum Gasteiger partial charge on any atom is 0.160 e. The molecule has 11 rings (SSSR count). The number of benzene rings is 7. The van der Waals surface area contributed by atoms with E-state index in [1.165, 1.54) is 53.6 Å². The fraction of sp³-hybridized carbons (Fsp3) is 0.0213. The SMILES string of the molecule is c1ccc(-c2cc(-c3ccccc3)nc(-c3ccc4c(c3)sc3ccc5c(c34)-c3ccccc3C53c4ccccc4Oc4ccccc43)n2)cc1. The van der Waals surface area contributed by atoms with E-state index in [2.05, 4.69) is 158 Å². The number of hydrogen-bond acceptors (Lipinski definition) is 4. The Bertz CT molecular complexity index is 2740. The second kappa shape index (κ2) is 10.8. The fourth-order valence-corrected chi connectivity index (χ4v) is 9.59. The Hall–Kier alpha value is -6.36. The highest BCUT2D eigenvalue weighted by molar-refractivity contribution is 7.26. The first-order chi connectivity index (χ1) is 25.3. The second-order valence-electron chi connectivity index (χ2n) is 13.3. The van der Waals surface area contributed by atoms with Crippen LogP contribution in [0.15, 0.2) is 170 Å². The summed E-state index contributed by atoms with van der Waals surface area (Å²) in [4.78, 5) is 10.3. The van der Waals surface area contributed by atoms with Crippen molar-refractivity contribution in [1.82, 2.24) is 9.97 Å². The molecule has 9 aromatic rings. The number of ether oxygens (including phenoxy) is 1. The van der Waals surface area contributed by atoms with E-state index in [4.69, 9.17) is 14.7 Å². The van der Waals surface area contributed by atoms with Crippen LogP contribution in [0.1, 0.15) is 22.3 Å². The zero-order chi connectivity index (χ0) is 33.5. The lowest BCUT2D eigenvalue weighted by atomic mass is 9.66. The summed E-state index contributed by atoms with van der Waals surface area (Å²) in [5.74, 6) is 2.54. The summed E-state index contributed by atoms with van der Waals surface area (Å²) in [5, 5.41) is 2.55. The van der Waals surface area contributed by atoms with E-state index < -0.39 is 5.41 Å². The molecule has 0 bridgehead atoms. The number of fused-ring (bicyclic) bond motifs is 13. The molecule has 3 heterocycles. The number of thiophene rings is 1. The van der Waals surface area contributed by atoms with E-state index >= 15 is 0 Å². The molecule has 0 amide bonds. The lowest BCUT2D eigenvalue weighted by molar-refractivity contribution is 0.436. The minimum absolute atomic E-state index is 0.487. The van der Waals surface area contributed by atoms with Crippen molar-refractivity contribution in [2.45, 2.75) is 5.41 Å². The average Bonchev–Trinajstić information content (AvgIpc) is 3.72. The molecule has 1 aliphatic carbocycles. The molecule has 7 aromatic carbocycles. The Kier molecular flexibility index (Phi) is 6.04. The molecule has 1 spiro atoms. The van der Waals surface area contributed by atoms with Crippen molar-refractivity contribution in [2.75, 3.05) is 0 Å². The van der Waals surface area contributed by atoms with Gasteiger partial charge in [0.25, 0.3) is 0 Å². The van der Waals surface area contributed by atoms with Crippen LogP contribution >= 0.6 is 11.3 Å². The van der Waals surface area contributed by atoms with Gasteiger partial charge in [-0.15, -0.1) is 11.3 Å². The van der Waals surface area contributed by atoms with E-state index in [0.29, 0.717) is 0 Å². The van der Waals surface area contributed by atoms with E-state index in [1.54, 1.807) is 0 Å². The van der Waals surface area contributed by atoms with Gasteiger partial charge in [-0.2, -0.15) is 0 Å². The highest BCUT2D eigenvalue weighted by Crippen LogP contribution is 2.63. The standard InChI is InChI=1S/C47H28N2OS/c1-3-13-29(14-4-1)38-28-39(30-15-5-2-6-16-30)49-46(48-38)31-23-24-33-43(27-31)51-42-26-25-37-44(45(33)42)32-17-7-8-18-34(32)47(37)35-19-9-11-21-40(35)50-41-22-12-10-20-36(41)47/h1-28H. The van der Waals surface area contributed by atoms with Gasteiger partial charge in [0.15, 0.2) is 5.82 Å². The fourth-order valence-electron chi connectivity index (χ4n) is 8.44. The largest absolute Gasteiger partial charge is 0.457 e. The Morgan fingerprint density at radius 2 is 1.04 bits per heavy atom. The summed E-state index contributed by atoms with van der Waals surface area (Å²) in [7, 11) is 0. The first-order valence-corrected chi connectivity index (χ1v) is 18.1. The minimum atomic E-state index is -0.487. The first-order valence-electron chi connectivity index (χ1n) is 17.2. The molecule has 0 N–H and O–H groups in total. The van der Waals surface area contributed by atoms with Crippen LogP contribution in [0.2, 0.25) is 0 Å². The molecule has 0 saturated heterocycles. The molecule has 0 fully saturated rings. The van der Waals surface area contributed by atoms with Gasteiger partial charge < -0.3 is 4.74 Å². The van der Waals surface area contributed by atoms with E-state index in [9.17, 15) is 0 Å². The summed E-state index contributed by atoms with van der Waals surface area (Å²) >= 11 is 1.84. The van der Waals surface area contributed by atoms with Gasteiger partial charge in [0.05, 0.1) is 16.8 Å². The summed E-state index contributed by atoms with van der Waals surface area (Å²) < 4.78 is 9.04. The van der Waals surface area contributed by atoms with Gasteiger partial charge in [0, 0.05) is 48.0 Å². The molecule has 3 nitrogen and oxygen atoms in total. The summed E-state index contributed by atoms with van der Waals surface area (Å²) in [6.45, 7) is 0. The lowest BCUT2D eigenvalue weighted by Crippen LogP contribution is -2.32. The van der Waals surface area contributed by atoms with Crippen LogP contribution in [0.25, 0.3) is 65.2 Å². The van der Waals surface area contributed by atoms with Crippen LogP contribution in [0.3, 0.4) is 0 Å². The Morgan fingerprint density at radius 1 is 0.451 bits per heavy atom. The third kappa shape index (κ3) is 4.05. The van der Waals surface area contributed by atoms with Crippen molar-refractivity contribution < 1.29 is 4.74 Å². The highest BCUT2D eigenvalue weighted by Gasteiger charge is 2.51. The predicted molar refractivity (Wildman–Crippen MR) is 209 cm³/mol. The van der Waals surface area contributed by atoms with Gasteiger partial charge in [-0.25, -0.2) is 9.97 Å².